The summed E-state index contributed by atoms with van der Waals surface area (Å²) in [6.07, 6.45) is 0. The van der Waals surface area contributed by atoms with Crippen LogP contribution in [0.25, 0.3) is 10.1 Å². The van der Waals surface area contributed by atoms with Crippen molar-refractivity contribution in [1.82, 2.24) is 20.0 Å². The van der Waals surface area contributed by atoms with Gasteiger partial charge in [-0.25, -0.2) is 0 Å². The van der Waals surface area contributed by atoms with Crippen LogP contribution in [0, 0.1) is 0 Å². The van der Waals surface area contributed by atoms with Crippen LogP contribution < -0.4 is 5.32 Å². The molecule has 1 N–H and O–H groups in total. The zero-order chi connectivity index (χ0) is 18.1. The molecule has 2 aliphatic rings. The summed E-state index contributed by atoms with van der Waals surface area (Å²) in [5, 5.41) is 4.36. The predicted molar refractivity (Wildman–Crippen MR) is 104 cm³/mol. The lowest BCUT2D eigenvalue weighted by Gasteiger charge is -2.40. The van der Waals surface area contributed by atoms with E-state index in [4.69, 9.17) is 0 Å². The van der Waals surface area contributed by atoms with Gasteiger partial charge in [0, 0.05) is 50.5 Å². The van der Waals surface area contributed by atoms with Crippen LogP contribution in [0.4, 0.5) is 0 Å². The van der Waals surface area contributed by atoms with E-state index in [9.17, 15) is 9.59 Å². The second kappa shape index (κ2) is 7.34. The number of hydrogen-bond donors (Lipinski definition) is 1. The maximum Gasteiger partial charge on any atom is 0.264 e. The zero-order valence-corrected chi connectivity index (χ0v) is 15.8. The van der Waals surface area contributed by atoms with Crippen LogP contribution in [0.5, 0.6) is 0 Å². The van der Waals surface area contributed by atoms with Crippen molar-refractivity contribution in [2.24, 2.45) is 0 Å². The highest BCUT2D eigenvalue weighted by atomic mass is 32.1. The second-order valence-electron chi connectivity index (χ2n) is 7.00. The Morgan fingerprint density at radius 3 is 2.65 bits per heavy atom. The molecule has 2 fully saturated rings. The van der Waals surface area contributed by atoms with Gasteiger partial charge in [0.05, 0.1) is 4.88 Å². The first kappa shape index (κ1) is 17.5. The van der Waals surface area contributed by atoms with E-state index in [0.717, 1.165) is 42.8 Å². The summed E-state index contributed by atoms with van der Waals surface area (Å²) >= 11 is 1.51. The number of fused-ring (bicyclic) bond motifs is 1. The summed E-state index contributed by atoms with van der Waals surface area (Å²) in [7, 11) is 2.07. The third kappa shape index (κ3) is 3.34. The first-order chi connectivity index (χ1) is 12.6. The normalized spacial score (nSPS) is 22.0. The molecule has 0 radical (unpaired) electrons. The fourth-order valence-corrected chi connectivity index (χ4v) is 4.65. The molecule has 1 aromatic carbocycles. The van der Waals surface area contributed by atoms with Gasteiger partial charge in [0.2, 0.25) is 5.91 Å². The molecular formula is C19H24N4O2S. The molecule has 1 aromatic heterocycles. The van der Waals surface area contributed by atoms with Crippen molar-refractivity contribution < 1.29 is 9.59 Å². The molecule has 0 saturated carbocycles. The van der Waals surface area contributed by atoms with Crippen molar-refractivity contribution in [2.45, 2.75) is 6.04 Å². The van der Waals surface area contributed by atoms with Crippen LogP contribution >= 0.6 is 11.3 Å². The van der Waals surface area contributed by atoms with Gasteiger partial charge in [-0.3, -0.25) is 9.59 Å². The van der Waals surface area contributed by atoms with Gasteiger partial charge in [0.25, 0.3) is 5.91 Å². The van der Waals surface area contributed by atoms with Crippen LogP contribution in [0.1, 0.15) is 9.67 Å². The van der Waals surface area contributed by atoms with Gasteiger partial charge in [-0.05, 0) is 24.6 Å². The Bertz CT molecular complexity index is 780. The average molecular weight is 372 g/mol. The highest BCUT2D eigenvalue weighted by Crippen LogP contribution is 2.27. The summed E-state index contributed by atoms with van der Waals surface area (Å²) < 4.78 is 1.10. The van der Waals surface area contributed by atoms with Crippen molar-refractivity contribution in [3.05, 3.63) is 35.2 Å². The van der Waals surface area contributed by atoms with Crippen molar-refractivity contribution in [1.29, 1.82) is 0 Å². The Morgan fingerprint density at radius 2 is 1.88 bits per heavy atom. The summed E-state index contributed by atoms with van der Waals surface area (Å²) in [5.41, 5.74) is 0. The van der Waals surface area contributed by atoms with E-state index >= 15 is 0 Å². The van der Waals surface area contributed by atoms with Gasteiger partial charge < -0.3 is 20.0 Å². The Morgan fingerprint density at radius 1 is 1.12 bits per heavy atom. The highest BCUT2D eigenvalue weighted by molar-refractivity contribution is 7.20. The topological polar surface area (TPSA) is 55.9 Å². The number of thiophene rings is 1. The quantitative estimate of drug-likeness (QED) is 0.858. The molecule has 1 atom stereocenters. The minimum atomic E-state index is -0.412. The smallest absolute Gasteiger partial charge is 0.264 e. The largest absolute Gasteiger partial charge is 0.338 e. The lowest BCUT2D eigenvalue weighted by atomic mass is 10.1. The molecule has 2 aliphatic heterocycles. The molecule has 26 heavy (non-hydrogen) atoms. The van der Waals surface area contributed by atoms with Crippen molar-refractivity contribution in [3.8, 4) is 0 Å². The second-order valence-corrected chi connectivity index (χ2v) is 8.08. The van der Waals surface area contributed by atoms with Gasteiger partial charge in [0.15, 0.2) is 0 Å². The van der Waals surface area contributed by atoms with Crippen LogP contribution in [0.15, 0.2) is 30.3 Å². The standard InChI is InChI=1S/C19H24N4O2S/c1-21-8-10-22(11-9-21)18(24)15-13-20-6-7-23(15)19(25)17-12-14-4-2-3-5-16(14)26-17/h2-5,12,15,20H,6-11,13H2,1H3. The van der Waals surface area contributed by atoms with Crippen LogP contribution in [-0.2, 0) is 4.79 Å². The number of nitrogens with one attached hydrogen (secondary N) is 1. The molecule has 2 saturated heterocycles. The van der Waals surface area contributed by atoms with E-state index in [0.29, 0.717) is 18.0 Å². The van der Waals surface area contributed by atoms with Crippen molar-refractivity contribution >= 4 is 33.2 Å². The predicted octanol–water partition coefficient (Wildman–Crippen LogP) is 1.09. The Balaban J connectivity index is 1.54. The molecule has 138 valence electrons. The number of nitrogens with zero attached hydrogens (tertiary/aromatic N) is 3. The van der Waals surface area contributed by atoms with Gasteiger partial charge in [-0.15, -0.1) is 11.3 Å². The number of likely N-dealkylation sites (N-methyl/N-ethyl adjacent to an activating group) is 1. The molecule has 0 spiro atoms. The van der Waals surface area contributed by atoms with E-state index in [-0.39, 0.29) is 11.8 Å². The molecule has 0 aliphatic carbocycles. The minimum Gasteiger partial charge on any atom is -0.338 e. The van der Waals surface area contributed by atoms with Crippen molar-refractivity contribution in [3.63, 3.8) is 0 Å². The van der Waals surface area contributed by atoms with Gasteiger partial charge >= 0.3 is 0 Å². The molecule has 1 unspecified atom stereocenters. The first-order valence-electron chi connectivity index (χ1n) is 9.11. The van der Waals surface area contributed by atoms with Gasteiger partial charge in [-0.2, -0.15) is 0 Å². The Kier molecular flexibility index (Phi) is 4.93. The van der Waals surface area contributed by atoms with Crippen LogP contribution in [-0.4, -0.2) is 85.4 Å². The SMILES string of the molecule is CN1CCN(C(=O)C2CNCCN2C(=O)c2cc3ccccc3s2)CC1. The summed E-state index contributed by atoms with van der Waals surface area (Å²) in [5.74, 6) is 0.0416. The summed E-state index contributed by atoms with van der Waals surface area (Å²) in [6.45, 7) is 5.06. The fourth-order valence-electron chi connectivity index (χ4n) is 3.63. The van der Waals surface area contributed by atoms with E-state index < -0.39 is 6.04 Å². The molecule has 4 rings (SSSR count). The lowest BCUT2D eigenvalue weighted by Crippen LogP contribution is -2.61. The van der Waals surface area contributed by atoms with E-state index in [1.807, 2.05) is 35.2 Å². The van der Waals surface area contributed by atoms with Crippen LogP contribution in [0.2, 0.25) is 0 Å². The molecule has 2 amide bonds. The Labute approximate surface area is 157 Å². The first-order valence-corrected chi connectivity index (χ1v) is 9.93. The molecule has 3 heterocycles. The highest BCUT2D eigenvalue weighted by Gasteiger charge is 2.36. The van der Waals surface area contributed by atoms with E-state index in [1.54, 1.807) is 4.90 Å². The molecular weight excluding hydrogens is 348 g/mol. The Hall–Kier alpha value is -1.96. The molecule has 7 heteroatoms. The fraction of sp³-hybridized carbons (Fsp3) is 0.474. The monoisotopic (exact) mass is 372 g/mol. The number of piperazine rings is 2. The number of amides is 2. The average Bonchev–Trinajstić information content (AvgIpc) is 3.12. The lowest BCUT2D eigenvalue weighted by molar-refractivity contribution is -0.138. The summed E-state index contributed by atoms with van der Waals surface area (Å²) in [6, 6.07) is 9.55. The number of benzene rings is 1. The number of hydrogen-bond acceptors (Lipinski definition) is 5. The third-order valence-corrected chi connectivity index (χ3v) is 6.34. The molecule has 6 nitrogen and oxygen atoms in total. The van der Waals surface area contributed by atoms with Gasteiger partial charge in [0.1, 0.15) is 6.04 Å². The summed E-state index contributed by atoms with van der Waals surface area (Å²) in [4.78, 5) is 32.8. The maximum absolute atomic E-state index is 13.1. The van der Waals surface area contributed by atoms with E-state index in [1.165, 1.54) is 11.3 Å². The van der Waals surface area contributed by atoms with E-state index in [2.05, 4.69) is 17.3 Å². The number of rotatable bonds is 2. The molecule has 2 aromatic rings. The third-order valence-electron chi connectivity index (χ3n) is 5.24. The molecule has 0 bridgehead atoms. The number of carbonyl (C=O) groups excluding carboxylic acids is 2. The van der Waals surface area contributed by atoms with Crippen molar-refractivity contribution in [2.75, 3.05) is 52.9 Å². The van der Waals surface area contributed by atoms with Crippen LogP contribution in [0.3, 0.4) is 0 Å². The minimum absolute atomic E-state index is 0.0276. The maximum atomic E-state index is 13.1. The zero-order valence-electron chi connectivity index (χ0n) is 15.0. The van der Waals surface area contributed by atoms with Gasteiger partial charge in [-0.1, -0.05) is 18.2 Å². The number of carbonyl (C=O) groups is 2.